The smallest absolute Gasteiger partial charge is 0.407 e. The summed E-state index contributed by atoms with van der Waals surface area (Å²) in [4.78, 5) is 11.3. The zero-order valence-electron chi connectivity index (χ0n) is 9.19. The Kier molecular flexibility index (Phi) is 5.82. The monoisotopic (exact) mass is 303 g/mol. The first-order valence-electron chi connectivity index (χ1n) is 5.23. The van der Waals surface area contributed by atoms with E-state index in [0.717, 1.165) is 0 Å². The van der Waals surface area contributed by atoms with Crippen LogP contribution in [-0.2, 0) is 14.6 Å². The Morgan fingerprint density at radius 2 is 2.06 bits per heavy atom. The van der Waals surface area contributed by atoms with Gasteiger partial charge in [-0.15, -0.1) is 23.2 Å². The molecule has 5 nitrogen and oxygen atoms in total. The average molecular weight is 304 g/mol. The third-order valence-corrected chi connectivity index (χ3v) is 5.01. The van der Waals surface area contributed by atoms with E-state index in [2.05, 4.69) is 5.32 Å². The van der Waals surface area contributed by atoms with E-state index in [1.807, 2.05) is 0 Å². The Bertz CT molecular complexity index is 356. The molecular weight excluding hydrogens is 289 g/mol. The molecule has 8 heteroatoms. The van der Waals surface area contributed by atoms with Crippen molar-refractivity contribution in [1.29, 1.82) is 0 Å². The molecule has 100 valence electrons. The summed E-state index contributed by atoms with van der Waals surface area (Å²) in [5.74, 6) is 0.559. The molecule has 1 heterocycles. The zero-order valence-corrected chi connectivity index (χ0v) is 11.5. The van der Waals surface area contributed by atoms with Crippen molar-refractivity contribution in [3.8, 4) is 0 Å². The van der Waals surface area contributed by atoms with E-state index in [0.29, 0.717) is 13.0 Å². The summed E-state index contributed by atoms with van der Waals surface area (Å²) in [5, 5.41) is 2.52. The number of alkyl halides is 2. The maximum atomic E-state index is 11.3. The van der Waals surface area contributed by atoms with Gasteiger partial charge in [-0.05, 0) is 12.3 Å². The van der Waals surface area contributed by atoms with Gasteiger partial charge in [0.25, 0.3) is 0 Å². The Balaban J connectivity index is 2.25. The Morgan fingerprint density at radius 1 is 1.41 bits per heavy atom. The molecule has 0 radical (unpaired) electrons. The van der Waals surface area contributed by atoms with Gasteiger partial charge in [0, 0.05) is 6.54 Å². The van der Waals surface area contributed by atoms with Gasteiger partial charge in [0.1, 0.15) is 6.10 Å². The molecule has 0 aromatic heterocycles. The molecule has 0 spiro atoms. The van der Waals surface area contributed by atoms with E-state index in [-0.39, 0.29) is 29.2 Å². The van der Waals surface area contributed by atoms with Gasteiger partial charge in [-0.25, -0.2) is 13.2 Å². The molecule has 1 amide bonds. The highest BCUT2D eigenvalue weighted by Gasteiger charge is 2.28. The van der Waals surface area contributed by atoms with Crippen molar-refractivity contribution >= 4 is 39.1 Å². The minimum atomic E-state index is -2.91. The lowest BCUT2D eigenvalue weighted by Crippen LogP contribution is -2.34. The van der Waals surface area contributed by atoms with E-state index in [1.54, 1.807) is 0 Å². The lowest BCUT2D eigenvalue weighted by atomic mass is 10.1. The van der Waals surface area contributed by atoms with Gasteiger partial charge in [0.15, 0.2) is 9.84 Å². The molecule has 0 saturated carbocycles. The number of carbonyl (C=O) groups is 1. The van der Waals surface area contributed by atoms with Crippen LogP contribution in [-0.4, -0.2) is 50.4 Å². The summed E-state index contributed by atoms with van der Waals surface area (Å²) < 4.78 is 27.3. The Labute approximate surface area is 111 Å². The van der Waals surface area contributed by atoms with Crippen LogP contribution in [0.15, 0.2) is 0 Å². The summed E-state index contributed by atoms with van der Waals surface area (Å²) in [6, 6.07) is 0. The fourth-order valence-electron chi connectivity index (χ4n) is 1.56. The second-order valence-corrected chi connectivity index (χ2v) is 6.83. The molecule has 1 rings (SSSR count). The van der Waals surface area contributed by atoms with Crippen LogP contribution in [0.25, 0.3) is 0 Å². The fourth-order valence-corrected chi connectivity index (χ4v) is 3.88. The maximum absolute atomic E-state index is 11.3. The SMILES string of the molecule is O=C(NC[C@H]1CCS(=O)(=O)C1)OC(CCl)CCl. The number of rotatable bonds is 5. The standard InChI is InChI=1S/C9H15Cl2NO4S/c10-3-8(4-11)16-9(13)12-5-7-1-2-17(14,15)6-7/h7-8H,1-6H2,(H,12,13)/t7-/m1/s1. The number of amides is 1. The molecule has 0 bridgehead atoms. The first-order chi connectivity index (χ1) is 7.96. The third kappa shape index (κ3) is 5.31. The number of halogens is 2. The van der Waals surface area contributed by atoms with Crippen LogP contribution in [0.4, 0.5) is 4.79 Å². The first kappa shape index (κ1) is 14.9. The predicted octanol–water partition coefficient (Wildman–Crippen LogP) is 0.994. The average Bonchev–Trinajstić information content (AvgIpc) is 2.63. The van der Waals surface area contributed by atoms with Crippen LogP contribution in [0.5, 0.6) is 0 Å². The van der Waals surface area contributed by atoms with E-state index < -0.39 is 22.0 Å². The molecular formula is C9H15Cl2NO4S. The van der Waals surface area contributed by atoms with E-state index in [1.165, 1.54) is 0 Å². The fraction of sp³-hybridized carbons (Fsp3) is 0.889. The molecule has 1 fully saturated rings. The van der Waals surface area contributed by atoms with Gasteiger partial charge < -0.3 is 10.1 Å². The van der Waals surface area contributed by atoms with Gasteiger partial charge >= 0.3 is 6.09 Å². The zero-order chi connectivity index (χ0) is 12.9. The quantitative estimate of drug-likeness (QED) is 0.769. The van der Waals surface area contributed by atoms with Crippen LogP contribution >= 0.6 is 23.2 Å². The summed E-state index contributed by atoms with van der Waals surface area (Å²) in [6.07, 6.45) is -0.553. The van der Waals surface area contributed by atoms with Crippen LogP contribution in [0.3, 0.4) is 0 Å². The van der Waals surface area contributed by atoms with Gasteiger partial charge in [-0.3, -0.25) is 0 Å². The van der Waals surface area contributed by atoms with Crippen molar-refractivity contribution in [1.82, 2.24) is 5.32 Å². The van der Waals surface area contributed by atoms with Crippen LogP contribution in [0, 0.1) is 5.92 Å². The van der Waals surface area contributed by atoms with Crippen molar-refractivity contribution in [2.24, 2.45) is 5.92 Å². The minimum Gasteiger partial charge on any atom is -0.444 e. The number of sulfone groups is 1. The highest BCUT2D eigenvalue weighted by molar-refractivity contribution is 7.91. The number of ether oxygens (including phenoxy) is 1. The number of hydrogen-bond acceptors (Lipinski definition) is 4. The molecule has 0 aliphatic carbocycles. The molecule has 1 atom stereocenters. The largest absolute Gasteiger partial charge is 0.444 e. The van der Waals surface area contributed by atoms with Gasteiger partial charge in [0.2, 0.25) is 0 Å². The highest BCUT2D eigenvalue weighted by Crippen LogP contribution is 2.17. The van der Waals surface area contributed by atoms with Crippen LogP contribution in [0.2, 0.25) is 0 Å². The normalized spacial score (nSPS) is 22.6. The number of alkyl carbamates (subject to hydrolysis) is 1. The molecule has 17 heavy (non-hydrogen) atoms. The summed E-state index contributed by atoms with van der Waals surface area (Å²) in [6.45, 7) is 0.301. The molecule has 1 saturated heterocycles. The summed E-state index contributed by atoms with van der Waals surface area (Å²) in [7, 11) is -2.91. The van der Waals surface area contributed by atoms with Crippen molar-refractivity contribution in [3.63, 3.8) is 0 Å². The first-order valence-corrected chi connectivity index (χ1v) is 8.12. The van der Waals surface area contributed by atoms with Crippen molar-refractivity contribution < 1.29 is 17.9 Å². The molecule has 1 aliphatic heterocycles. The third-order valence-electron chi connectivity index (χ3n) is 2.48. The van der Waals surface area contributed by atoms with Gasteiger partial charge in [-0.2, -0.15) is 0 Å². The highest BCUT2D eigenvalue weighted by atomic mass is 35.5. The molecule has 1 aliphatic rings. The minimum absolute atomic E-state index is 0.0296. The second-order valence-electron chi connectivity index (χ2n) is 3.99. The van der Waals surface area contributed by atoms with E-state index in [9.17, 15) is 13.2 Å². The molecule has 0 unspecified atom stereocenters. The maximum Gasteiger partial charge on any atom is 0.407 e. The summed E-state index contributed by atoms with van der Waals surface area (Å²) >= 11 is 11.0. The number of carbonyl (C=O) groups excluding carboxylic acids is 1. The predicted molar refractivity (Wildman–Crippen MR) is 66.5 cm³/mol. The Morgan fingerprint density at radius 3 is 2.53 bits per heavy atom. The summed E-state index contributed by atoms with van der Waals surface area (Å²) in [5.41, 5.74) is 0. The van der Waals surface area contributed by atoms with Crippen LogP contribution in [0.1, 0.15) is 6.42 Å². The molecule has 0 aromatic rings. The topological polar surface area (TPSA) is 72.5 Å². The van der Waals surface area contributed by atoms with Gasteiger partial charge in [-0.1, -0.05) is 0 Å². The van der Waals surface area contributed by atoms with Crippen molar-refractivity contribution in [2.75, 3.05) is 29.8 Å². The molecule has 1 N–H and O–H groups in total. The number of hydrogen-bond donors (Lipinski definition) is 1. The second kappa shape index (κ2) is 6.66. The Hall–Kier alpha value is -0.200. The lowest BCUT2D eigenvalue weighted by Gasteiger charge is -2.14. The van der Waals surface area contributed by atoms with Crippen molar-refractivity contribution in [2.45, 2.75) is 12.5 Å². The van der Waals surface area contributed by atoms with Crippen molar-refractivity contribution in [3.05, 3.63) is 0 Å². The molecule has 0 aromatic carbocycles. The van der Waals surface area contributed by atoms with Crippen LogP contribution < -0.4 is 5.32 Å². The van der Waals surface area contributed by atoms with E-state index in [4.69, 9.17) is 27.9 Å². The van der Waals surface area contributed by atoms with Gasteiger partial charge in [0.05, 0.1) is 23.3 Å². The number of nitrogens with one attached hydrogen (secondary N) is 1. The van der Waals surface area contributed by atoms with E-state index >= 15 is 0 Å². The lowest BCUT2D eigenvalue weighted by molar-refractivity contribution is 0.117.